The summed E-state index contributed by atoms with van der Waals surface area (Å²) in [5.74, 6) is 0.648. The summed E-state index contributed by atoms with van der Waals surface area (Å²) in [4.78, 5) is 18.4. The maximum atomic E-state index is 11.2. The first kappa shape index (κ1) is 13.6. The number of rotatable bonds is 6. The Morgan fingerprint density at radius 3 is 3.05 bits per heavy atom. The Hall–Kier alpha value is -1.82. The fourth-order valence-electron chi connectivity index (χ4n) is 1.83. The zero-order chi connectivity index (χ0) is 13.7. The normalized spacial score (nSPS) is 12.3. The zero-order valence-electron chi connectivity index (χ0n) is 10.6. The number of fused-ring (bicyclic) bond motifs is 1. The van der Waals surface area contributed by atoms with Gasteiger partial charge in [0.2, 0.25) is 12.1 Å². The van der Waals surface area contributed by atoms with Crippen molar-refractivity contribution in [2.75, 3.05) is 17.3 Å². The minimum atomic E-state index is -0.844. The Balaban J connectivity index is 2.26. The van der Waals surface area contributed by atoms with Crippen molar-refractivity contribution >= 4 is 34.5 Å². The monoisotopic (exact) mass is 278 g/mol. The van der Waals surface area contributed by atoms with E-state index in [4.69, 9.17) is 0 Å². The van der Waals surface area contributed by atoms with Gasteiger partial charge in [0.25, 0.3) is 0 Å². The molecule has 0 saturated heterocycles. The second-order valence-electron chi connectivity index (χ2n) is 4.11. The average molecular weight is 278 g/mol. The van der Waals surface area contributed by atoms with Crippen LogP contribution >= 0.6 is 11.8 Å². The average Bonchev–Trinajstić information content (AvgIpc) is 2.43. The van der Waals surface area contributed by atoms with Gasteiger partial charge in [0.05, 0.1) is 5.39 Å². The Morgan fingerprint density at radius 2 is 2.32 bits per heavy atom. The topological polar surface area (TPSA) is 76.4 Å². The van der Waals surface area contributed by atoms with E-state index in [0.29, 0.717) is 12.2 Å². The highest BCUT2D eigenvalue weighted by atomic mass is 32.2. The molecule has 0 bridgehead atoms. The quantitative estimate of drug-likeness (QED) is 0.840. The van der Waals surface area contributed by atoms with Crippen molar-refractivity contribution in [1.29, 1.82) is 0 Å². The van der Waals surface area contributed by atoms with E-state index in [9.17, 15) is 9.90 Å². The van der Waals surface area contributed by atoms with Crippen LogP contribution in [0.4, 0.5) is 5.82 Å². The molecular formula is C13H16N3O2S+. The SMILES string of the molecule is CSCCC(Nc1[nH+]cnc2ccccc12)C(=O)O. The molecule has 0 aliphatic carbocycles. The third-order valence-corrected chi connectivity index (χ3v) is 3.46. The summed E-state index contributed by atoms with van der Waals surface area (Å²) in [5, 5.41) is 13.2. The maximum absolute atomic E-state index is 11.2. The van der Waals surface area contributed by atoms with Crippen molar-refractivity contribution in [3.8, 4) is 0 Å². The number of nitrogens with one attached hydrogen (secondary N) is 2. The van der Waals surface area contributed by atoms with Crippen LogP contribution < -0.4 is 10.3 Å². The lowest BCUT2D eigenvalue weighted by atomic mass is 10.2. The van der Waals surface area contributed by atoms with Crippen LogP contribution in [0.2, 0.25) is 0 Å². The molecule has 6 heteroatoms. The molecule has 0 aliphatic heterocycles. The molecule has 0 radical (unpaired) electrons. The Kier molecular flexibility index (Phi) is 4.57. The molecule has 2 aromatic rings. The molecule has 5 nitrogen and oxygen atoms in total. The molecule has 1 aromatic heterocycles. The summed E-state index contributed by atoms with van der Waals surface area (Å²) in [6.07, 6.45) is 4.10. The first-order valence-corrected chi connectivity index (χ1v) is 7.35. The van der Waals surface area contributed by atoms with Gasteiger partial charge in [0, 0.05) is 6.42 Å². The lowest BCUT2D eigenvalue weighted by Gasteiger charge is -2.11. The van der Waals surface area contributed by atoms with Crippen molar-refractivity contribution < 1.29 is 14.9 Å². The largest absolute Gasteiger partial charge is 0.479 e. The molecule has 0 saturated carbocycles. The number of benzene rings is 1. The van der Waals surface area contributed by atoms with E-state index in [1.165, 1.54) is 0 Å². The number of aliphatic carboxylic acids is 1. The summed E-state index contributed by atoms with van der Waals surface area (Å²) in [6, 6.07) is 7.01. The molecule has 1 atom stereocenters. The van der Waals surface area contributed by atoms with Gasteiger partial charge in [-0.1, -0.05) is 12.1 Å². The molecule has 2 rings (SSSR count). The van der Waals surface area contributed by atoms with Crippen LogP contribution in [0.1, 0.15) is 6.42 Å². The van der Waals surface area contributed by atoms with E-state index in [1.54, 1.807) is 18.1 Å². The van der Waals surface area contributed by atoms with Gasteiger partial charge in [-0.15, -0.1) is 4.98 Å². The van der Waals surface area contributed by atoms with Crippen LogP contribution in [0.3, 0.4) is 0 Å². The van der Waals surface area contributed by atoms with Gasteiger partial charge >= 0.3 is 5.97 Å². The number of para-hydroxylation sites is 1. The number of aromatic nitrogens is 2. The fraction of sp³-hybridized carbons (Fsp3) is 0.308. The van der Waals surface area contributed by atoms with Gasteiger partial charge in [0.15, 0.2) is 11.6 Å². The minimum Gasteiger partial charge on any atom is -0.479 e. The lowest BCUT2D eigenvalue weighted by Crippen LogP contribution is -2.32. The molecule has 0 spiro atoms. The number of nitrogens with zero attached hydrogens (tertiary/aromatic N) is 1. The van der Waals surface area contributed by atoms with Gasteiger partial charge in [-0.2, -0.15) is 11.8 Å². The minimum absolute atomic E-state index is 0.570. The van der Waals surface area contributed by atoms with Gasteiger partial charge in [-0.3, -0.25) is 5.32 Å². The molecule has 3 N–H and O–H groups in total. The van der Waals surface area contributed by atoms with Gasteiger partial charge in [0.1, 0.15) is 0 Å². The number of hydrogen-bond acceptors (Lipinski definition) is 4. The summed E-state index contributed by atoms with van der Waals surface area (Å²) in [7, 11) is 0. The smallest absolute Gasteiger partial charge is 0.341 e. The van der Waals surface area contributed by atoms with Gasteiger partial charge in [-0.25, -0.2) is 9.78 Å². The standard InChI is InChI=1S/C13H15N3O2S/c1-19-7-6-11(13(17)18)16-12-9-4-2-3-5-10(9)14-8-15-12/h2-5,8,11H,6-7H2,1H3,(H,17,18)(H,14,15,16)/p+1. The van der Waals surface area contributed by atoms with Crippen LogP contribution in [0.15, 0.2) is 30.6 Å². The number of aromatic amines is 1. The molecule has 0 aliphatic rings. The van der Waals surface area contributed by atoms with Crippen LogP contribution in [0.5, 0.6) is 0 Å². The van der Waals surface area contributed by atoms with Crippen LogP contribution in [-0.2, 0) is 4.79 Å². The Morgan fingerprint density at radius 1 is 1.53 bits per heavy atom. The van der Waals surface area contributed by atoms with E-state index in [-0.39, 0.29) is 0 Å². The molecule has 1 aromatic carbocycles. The Bertz CT molecular complexity index is 571. The third kappa shape index (κ3) is 3.35. The molecule has 0 amide bonds. The van der Waals surface area contributed by atoms with Crippen molar-refractivity contribution in [3.63, 3.8) is 0 Å². The molecular weight excluding hydrogens is 262 g/mol. The maximum Gasteiger partial charge on any atom is 0.341 e. The summed E-state index contributed by atoms with van der Waals surface area (Å²) in [6.45, 7) is 0. The molecule has 1 unspecified atom stereocenters. The third-order valence-electron chi connectivity index (χ3n) is 2.81. The van der Waals surface area contributed by atoms with Gasteiger partial charge in [-0.05, 0) is 24.1 Å². The van der Waals surface area contributed by atoms with Crippen molar-refractivity contribution in [2.45, 2.75) is 12.5 Å². The highest BCUT2D eigenvalue weighted by Gasteiger charge is 2.21. The summed E-state index contributed by atoms with van der Waals surface area (Å²) in [5.41, 5.74) is 0.831. The van der Waals surface area contributed by atoms with E-state index >= 15 is 0 Å². The first-order chi connectivity index (χ1) is 9.22. The number of carboxylic acids is 1. The molecule has 0 fully saturated rings. The molecule has 19 heavy (non-hydrogen) atoms. The zero-order valence-corrected chi connectivity index (χ0v) is 11.4. The Labute approximate surface area is 115 Å². The number of anilines is 1. The van der Waals surface area contributed by atoms with Crippen molar-refractivity contribution in [3.05, 3.63) is 30.6 Å². The highest BCUT2D eigenvalue weighted by molar-refractivity contribution is 7.98. The van der Waals surface area contributed by atoms with Crippen molar-refractivity contribution in [2.24, 2.45) is 0 Å². The molecule has 100 valence electrons. The second-order valence-corrected chi connectivity index (χ2v) is 5.10. The fourth-order valence-corrected chi connectivity index (χ4v) is 2.30. The number of carboxylic acid groups (broad SMARTS) is 1. The van der Waals surface area contributed by atoms with Gasteiger partial charge < -0.3 is 5.11 Å². The predicted octanol–water partition coefficient (Wildman–Crippen LogP) is 1.67. The lowest BCUT2D eigenvalue weighted by molar-refractivity contribution is -0.364. The van der Waals surface area contributed by atoms with Crippen LogP contribution in [0, 0.1) is 0 Å². The van der Waals surface area contributed by atoms with Crippen LogP contribution in [0.25, 0.3) is 10.9 Å². The second kappa shape index (κ2) is 6.38. The predicted molar refractivity (Wildman–Crippen MR) is 76.3 cm³/mol. The summed E-state index contributed by atoms with van der Waals surface area (Å²) >= 11 is 1.64. The van der Waals surface area contributed by atoms with E-state index < -0.39 is 12.0 Å². The molecule has 1 heterocycles. The highest BCUT2D eigenvalue weighted by Crippen LogP contribution is 2.17. The number of H-pyrrole nitrogens is 1. The van der Waals surface area contributed by atoms with E-state index in [0.717, 1.165) is 16.7 Å². The van der Waals surface area contributed by atoms with E-state index in [1.807, 2.05) is 30.5 Å². The van der Waals surface area contributed by atoms with Crippen LogP contribution in [-0.4, -0.2) is 34.1 Å². The first-order valence-electron chi connectivity index (χ1n) is 5.96. The van der Waals surface area contributed by atoms with E-state index in [2.05, 4.69) is 15.3 Å². The van der Waals surface area contributed by atoms with Crippen molar-refractivity contribution in [1.82, 2.24) is 4.98 Å². The summed E-state index contributed by atoms with van der Waals surface area (Å²) < 4.78 is 0. The number of hydrogen-bond donors (Lipinski definition) is 2. The number of carbonyl (C=O) groups is 1. The number of thioether (sulfide) groups is 1.